The number of hydrogen-bond acceptors (Lipinski definition) is 3. The molecule has 0 spiro atoms. The number of carboxylic acid groups (broad SMARTS) is 1. The largest absolute Gasteiger partial charge is 0.481 e. The number of nitrogens with one attached hydrogen (secondary N) is 1. The maximum Gasteiger partial charge on any atom is 0.317 e. The van der Waals surface area contributed by atoms with Gasteiger partial charge in [-0.05, 0) is 46.6 Å². The lowest BCUT2D eigenvalue weighted by Crippen LogP contribution is -2.53. The number of carboxylic acids is 1. The molecule has 2 aliphatic rings. The SMILES string of the molecule is CC1CC(NC(=O)N2CCC(C)(C(=O)O)CC2)CCN1C. The van der Waals surface area contributed by atoms with Crippen molar-refractivity contribution in [2.24, 2.45) is 5.41 Å². The Hall–Kier alpha value is -1.30. The van der Waals surface area contributed by atoms with Gasteiger partial charge in [-0.3, -0.25) is 4.79 Å². The Labute approximate surface area is 126 Å². The van der Waals surface area contributed by atoms with E-state index in [1.165, 1.54) is 0 Å². The van der Waals surface area contributed by atoms with Crippen LogP contribution in [0.1, 0.15) is 39.5 Å². The molecule has 0 aromatic heterocycles. The van der Waals surface area contributed by atoms with Gasteiger partial charge in [-0.1, -0.05) is 0 Å². The number of nitrogens with zero attached hydrogens (tertiary/aromatic N) is 2. The van der Waals surface area contributed by atoms with Crippen molar-refractivity contribution in [1.29, 1.82) is 0 Å². The lowest BCUT2D eigenvalue weighted by molar-refractivity contribution is -0.150. The van der Waals surface area contributed by atoms with Crippen molar-refractivity contribution in [2.75, 3.05) is 26.7 Å². The van der Waals surface area contributed by atoms with Gasteiger partial charge in [0.2, 0.25) is 0 Å². The van der Waals surface area contributed by atoms with Gasteiger partial charge in [-0.25, -0.2) is 4.79 Å². The summed E-state index contributed by atoms with van der Waals surface area (Å²) in [6, 6.07) is 0.682. The van der Waals surface area contributed by atoms with Crippen molar-refractivity contribution in [1.82, 2.24) is 15.1 Å². The Kier molecular flexibility index (Phi) is 4.76. The summed E-state index contributed by atoms with van der Waals surface area (Å²) in [5.74, 6) is -0.758. The molecule has 2 N–H and O–H groups in total. The number of rotatable bonds is 2. The van der Waals surface area contributed by atoms with Gasteiger partial charge in [0, 0.05) is 31.7 Å². The molecule has 2 amide bonds. The molecule has 2 fully saturated rings. The van der Waals surface area contributed by atoms with Crippen LogP contribution in [0.15, 0.2) is 0 Å². The van der Waals surface area contributed by atoms with E-state index in [1.807, 2.05) is 0 Å². The van der Waals surface area contributed by atoms with Crippen molar-refractivity contribution < 1.29 is 14.7 Å². The van der Waals surface area contributed by atoms with Crippen LogP contribution in [0.2, 0.25) is 0 Å². The van der Waals surface area contributed by atoms with Crippen LogP contribution in [0.4, 0.5) is 4.79 Å². The zero-order chi connectivity index (χ0) is 15.6. The maximum absolute atomic E-state index is 12.3. The summed E-state index contributed by atoms with van der Waals surface area (Å²) < 4.78 is 0. The topological polar surface area (TPSA) is 72.9 Å². The van der Waals surface area contributed by atoms with Crippen LogP contribution in [0.3, 0.4) is 0 Å². The van der Waals surface area contributed by atoms with Gasteiger partial charge in [0.15, 0.2) is 0 Å². The zero-order valence-electron chi connectivity index (χ0n) is 13.3. The molecule has 2 rings (SSSR count). The van der Waals surface area contributed by atoms with E-state index >= 15 is 0 Å². The standard InChI is InChI=1S/C15H27N3O3/c1-11-10-12(4-7-17(11)3)16-14(21)18-8-5-15(2,6-9-18)13(19)20/h11-12H,4-10H2,1-3H3,(H,16,21)(H,19,20). The molecule has 21 heavy (non-hydrogen) atoms. The first kappa shape index (κ1) is 16.1. The number of aliphatic carboxylic acids is 1. The molecule has 2 aliphatic heterocycles. The Morgan fingerprint density at radius 3 is 2.38 bits per heavy atom. The average molecular weight is 297 g/mol. The minimum atomic E-state index is -0.758. The van der Waals surface area contributed by atoms with Gasteiger partial charge in [-0.2, -0.15) is 0 Å². The molecule has 0 bridgehead atoms. The van der Waals surface area contributed by atoms with Gasteiger partial charge in [-0.15, -0.1) is 0 Å². The van der Waals surface area contributed by atoms with Gasteiger partial charge < -0.3 is 20.2 Å². The molecule has 0 aliphatic carbocycles. The number of hydrogen-bond donors (Lipinski definition) is 2. The summed E-state index contributed by atoms with van der Waals surface area (Å²) in [5.41, 5.74) is -0.682. The lowest BCUT2D eigenvalue weighted by atomic mass is 9.80. The summed E-state index contributed by atoms with van der Waals surface area (Å²) in [7, 11) is 2.11. The molecule has 2 unspecified atom stereocenters. The number of piperidine rings is 2. The van der Waals surface area contributed by atoms with Crippen LogP contribution in [-0.4, -0.2) is 65.7 Å². The highest BCUT2D eigenvalue weighted by atomic mass is 16.4. The van der Waals surface area contributed by atoms with Crippen molar-refractivity contribution in [3.8, 4) is 0 Å². The molecule has 2 atom stereocenters. The van der Waals surface area contributed by atoms with Gasteiger partial charge >= 0.3 is 12.0 Å². The van der Waals surface area contributed by atoms with E-state index in [9.17, 15) is 14.7 Å². The number of likely N-dealkylation sites (tertiary alicyclic amines) is 2. The second kappa shape index (κ2) is 6.22. The Morgan fingerprint density at radius 1 is 1.24 bits per heavy atom. The van der Waals surface area contributed by atoms with Gasteiger partial charge in [0.25, 0.3) is 0 Å². The van der Waals surface area contributed by atoms with Crippen LogP contribution >= 0.6 is 0 Å². The minimum Gasteiger partial charge on any atom is -0.481 e. The zero-order valence-corrected chi connectivity index (χ0v) is 13.3. The second-order valence-corrected chi connectivity index (χ2v) is 6.85. The van der Waals surface area contributed by atoms with E-state index in [4.69, 9.17) is 0 Å². The molecular formula is C15H27N3O3. The fraction of sp³-hybridized carbons (Fsp3) is 0.867. The van der Waals surface area contributed by atoms with Gasteiger partial charge in [0.1, 0.15) is 0 Å². The molecule has 2 saturated heterocycles. The summed E-state index contributed by atoms with van der Waals surface area (Å²) in [4.78, 5) is 27.6. The van der Waals surface area contributed by atoms with E-state index in [1.54, 1.807) is 11.8 Å². The third-order valence-electron chi connectivity index (χ3n) is 5.21. The first-order valence-electron chi connectivity index (χ1n) is 7.81. The summed E-state index contributed by atoms with van der Waals surface area (Å²) in [5, 5.41) is 12.3. The first-order valence-corrected chi connectivity index (χ1v) is 7.81. The third kappa shape index (κ3) is 3.67. The summed E-state index contributed by atoms with van der Waals surface area (Å²) >= 11 is 0. The fourth-order valence-corrected chi connectivity index (χ4v) is 3.10. The molecule has 2 heterocycles. The van der Waals surface area contributed by atoms with E-state index in [0.717, 1.165) is 19.4 Å². The molecule has 6 heteroatoms. The highest BCUT2D eigenvalue weighted by Crippen LogP contribution is 2.31. The quantitative estimate of drug-likeness (QED) is 0.807. The molecule has 0 aromatic carbocycles. The van der Waals surface area contributed by atoms with Crippen LogP contribution in [-0.2, 0) is 4.79 Å². The molecule has 120 valence electrons. The van der Waals surface area contributed by atoms with E-state index in [2.05, 4.69) is 24.2 Å². The Bertz CT molecular complexity index is 405. The summed E-state index contributed by atoms with van der Waals surface area (Å²) in [6.07, 6.45) is 3.01. The number of urea groups is 1. The second-order valence-electron chi connectivity index (χ2n) is 6.85. The van der Waals surface area contributed by atoms with Crippen molar-refractivity contribution in [2.45, 2.75) is 51.6 Å². The molecule has 0 saturated carbocycles. The molecule has 0 aromatic rings. The molecule has 6 nitrogen and oxygen atoms in total. The van der Waals surface area contributed by atoms with E-state index in [0.29, 0.717) is 32.0 Å². The molecular weight excluding hydrogens is 270 g/mol. The predicted molar refractivity (Wildman–Crippen MR) is 80.2 cm³/mol. The maximum atomic E-state index is 12.3. The fourth-order valence-electron chi connectivity index (χ4n) is 3.10. The number of carbonyl (C=O) groups excluding carboxylic acids is 1. The van der Waals surface area contributed by atoms with Crippen LogP contribution in [0.25, 0.3) is 0 Å². The predicted octanol–water partition coefficient (Wildman–Crippen LogP) is 1.37. The Morgan fingerprint density at radius 2 is 1.86 bits per heavy atom. The van der Waals surface area contributed by atoms with Crippen molar-refractivity contribution in [3.05, 3.63) is 0 Å². The van der Waals surface area contributed by atoms with E-state index in [-0.39, 0.29) is 12.1 Å². The van der Waals surface area contributed by atoms with Crippen LogP contribution < -0.4 is 5.32 Å². The van der Waals surface area contributed by atoms with Gasteiger partial charge in [0.05, 0.1) is 5.41 Å². The Balaban J connectivity index is 1.81. The van der Waals surface area contributed by atoms with E-state index < -0.39 is 11.4 Å². The van der Waals surface area contributed by atoms with Crippen molar-refractivity contribution >= 4 is 12.0 Å². The summed E-state index contributed by atoms with van der Waals surface area (Å²) in [6.45, 7) is 6.00. The smallest absolute Gasteiger partial charge is 0.317 e. The highest BCUT2D eigenvalue weighted by Gasteiger charge is 2.38. The molecule has 0 radical (unpaired) electrons. The van der Waals surface area contributed by atoms with Crippen LogP contribution in [0.5, 0.6) is 0 Å². The number of carbonyl (C=O) groups is 2. The number of amides is 2. The normalized spacial score (nSPS) is 30.0. The third-order valence-corrected chi connectivity index (χ3v) is 5.21. The van der Waals surface area contributed by atoms with Crippen molar-refractivity contribution in [3.63, 3.8) is 0 Å². The first-order chi connectivity index (χ1) is 9.82. The average Bonchev–Trinajstić information content (AvgIpc) is 2.43. The monoisotopic (exact) mass is 297 g/mol. The lowest BCUT2D eigenvalue weighted by Gasteiger charge is -2.39. The minimum absolute atomic E-state index is 0.0378. The highest BCUT2D eigenvalue weighted by molar-refractivity contribution is 5.77. The van der Waals surface area contributed by atoms with Crippen LogP contribution in [0, 0.1) is 5.41 Å².